The molecule has 0 aliphatic carbocycles. The molecule has 0 aromatic carbocycles. The van der Waals surface area contributed by atoms with Crippen molar-refractivity contribution in [2.75, 3.05) is 39.5 Å². The second-order valence-electron chi connectivity index (χ2n) is 14.1. The molecule has 0 amide bonds. The number of unbranched alkanes of at least 4 members (excludes halogenated alkanes) is 18. The molecular formula is C43H81NO5. The normalized spacial score (nSPS) is 12.2. The third-order valence-electron chi connectivity index (χ3n) is 9.36. The maximum atomic E-state index is 12.9. The zero-order chi connectivity index (χ0) is 36.0. The largest absolute Gasteiger partial charge is 0.462 e. The number of aliphatic hydroxyl groups is 1. The van der Waals surface area contributed by atoms with Crippen LogP contribution in [0.5, 0.6) is 0 Å². The minimum absolute atomic E-state index is 0.123. The lowest BCUT2D eigenvalue weighted by molar-refractivity contribution is -0.140. The highest BCUT2D eigenvalue weighted by Gasteiger charge is 2.13. The summed E-state index contributed by atoms with van der Waals surface area (Å²) in [7, 11) is 0. The number of esters is 2. The number of carbonyl (C=O) groups is 2. The van der Waals surface area contributed by atoms with Crippen LogP contribution in [0, 0.1) is 0 Å². The van der Waals surface area contributed by atoms with Gasteiger partial charge in [-0.2, -0.15) is 0 Å². The molecule has 0 bridgehead atoms. The molecule has 0 aliphatic heterocycles. The van der Waals surface area contributed by atoms with Crippen LogP contribution in [0.1, 0.15) is 201 Å². The molecule has 0 radical (unpaired) electrons. The number of aliphatic hydroxyl groups excluding tert-OH is 1. The Morgan fingerprint density at radius 2 is 0.837 bits per heavy atom. The van der Waals surface area contributed by atoms with E-state index in [4.69, 9.17) is 9.47 Å². The van der Waals surface area contributed by atoms with Gasteiger partial charge in [0.2, 0.25) is 0 Å². The van der Waals surface area contributed by atoms with Gasteiger partial charge in [0, 0.05) is 24.3 Å². The molecule has 6 heteroatoms. The molecule has 6 nitrogen and oxygen atoms in total. The van der Waals surface area contributed by atoms with Crippen LogP contribution in [-0.4, -0.2) is 61.4 Å². The summed E-state index contributed by atoms with van der Waals surface area (Å²) in [4.78, 5) is 28.2. The molecule has 0 aromatic rings. The summed E-state index contributed by atoms with van der Waals surface area (Å²) in [6.45, 7) is 12.7. The second kappa shape index (κ2) is 37.6. The lowest BCUT2D eigenvalue weighted by atomic mass is 10.0. The summed E-state index contributed by atoms with van der Waals surface area (Å²) in [6, 6.07) is 0. The summed E-state index contributed by atoms with van der Waals surface area (Å²) < 4.78 is 11.5. The smallest absolute Gasteiger partial charge is 0.333 e. The van der Waals surface area contributed by atoms with Crippen molar-refractivity contribution in [1.82, 2.24) is 4.90 Å². The fourth-order valence-corrected chi connectivity index (χ4v) is 6.13. The Kier molecular flexibility index (Phi) is 36.3. The van der Waals surface area contributed by atoms with Crippen LogP contribution >= 0.6 is 0 Å². The third kappa shape index (κ3) is 30.9. The van der Waals surface area contributed by atoms with E-state index in [1.807, 2.05) is 0 Å². The standard InChI is InChI=1S/C43H81NO5/c1-5-9-13-17-19-23-32-40(30-21-15-11-7-3)42(46)48-38-27-25-34-44(36-29-37-45)35-26-28-39-49-43(47)41(31-22-16-12-8-4)33-24-20-18-14-10-6-2/h30-31,45H,5-29,32-39H2,1-4H3/b40-30+,41-31+. The summed E-state index contributed by atoms with van der Waals surface area (Å²) in [5.41, 5.74) is 1.75. The summed E-state index contributed by atoms with van der Waals surface area (Å²) >= 11 is 0. The molecule has 0 unspecified atom stereocenters. The molecular weight excluding hydrogens is 610 g/mol. The van der Waals surface area contributed by atoms with Gasteiger partial charge < -0.3 is 19.5 Å². The van der Waals surface area contributed by atoms with Gasteiger partial charge in [-0.05, 0) is 96.6 Å². The minimum atomic E-state index is -0.123. The molecule has 0 aliphatic rings. The average Bonchev–Trinajstić information content (AvgIpc) is 3.10. The van der Waals surface area contributed by atoms with Crippen molar-refractivity contribution < 1.29 is 24.2 Å². The van der Waals surface area contributed by atoms with Gasteiger partial charge in [-0.15, -0.1) is 0 Å². The quantitative estimate of drug-likeness (QED) is 0.0397. The molecule has 0 heterocycles. The highest BCUT2D eigenvalue weighted by Crippen LogP contribution is 2.17. The number of ether oxygens (including phenoxy) is 2. The van der Waals surface area contributed by atoms with Gasteiger partial charge in [0.1, 0.15) is 0 Å². The first-order chi connectivity index (χ1) is 24.0. The van der Waals surface area contributed by atoms with E-state index in [2.05, 4.69) is 44.7 Å². The van der Waals surface area contributed by atoms with E-state index in [-0.39, 0.29) is 18.5 Å². The van der Waals surface area contributed by atoms with Crippen LogP contribution in [0.15, 0.2) is 23.3 Å². The van der Waals surface area contributed by atoms with Crippen molar-refractivity contribution in [1.29, 1.82) is 0 Å². The Morgan fingerprint density at radius 1 is 0.469 bits per heavy atom. The van der Waals surface area contributed by atoms with E-state index in [0.29, 0.717) is 13.2 Å². The Morgan fingerprint density at radius 3 is 1.24 bits per heavy atom. The van der Waals surface area contributed by atoms with Crippen LogP contribution in [0.4, 0.5) is 0 Å². The summed E-state index contributed by atoms with van der Waals surface area (Å²) in [5.74, 6) is -0.245. The number of nitrogens with zero attached hydrogens (tertiary/aromatic N) is 1. The topological polar surface area (TPSA) is 76.1 Å². The molecule has 0 atom stereocenters. The van der Waals surface area contributed by atoms with Crippen molar-refractivity contribution in [2.45, 2.75) is 201 Å². The lowest BCUT2D eigenvalue weighted by Gasteiger charge is -2.22. The van der Waals surface area contributed by atoms with Gasteiger partial charge >= 0.3 is 11.9 Å². The van der Waals surface area contributed by atoms with Crippen molar-refractivity contribution in [3.05, 3.63) is 23.3 Å². The average molecular weight is 692 g/mol. The Balaban J connectivity index is 4.58. The highest BCUT2D eigenvalue weighted by atomic mass is 16.5. The first-order valence-corrected chi connectivity index (χ1v) is 21.1. The predicted molar refractivity (Wildman–Crippen MR) is 209 cm³/mol. The Bertz CT molecular complexity index is 746. The zero-order valence-electron chi connectivity index (χ0n) is 33.0. The van der Waals surface area contributed by atoms with Gasteiger partial charge in [0.15, 0.2) is 0 Å². The van der Waals surface area contributed by atoms with Crippen LogP contribution in [0.3, 0.4) is 0 Å². The van der Waals surface area contributed by atoms with Gasteiger partial charge in [0.05, 0.1) is 13.2 Å². The van der Waals surface area contributed by atoms with Gasteiger partial charge in [-0.3, -0.25) is 0 Å². The van der Waals surface area contributed by atoms with E-state index in [9.17, 15) is 14.7 Å². The number of hydrogen-bond acceptors (Lipinski definition) is 6. The number of carbonyl (C=O) groups excluding carboxylic acids is 2. The van der Waals surface area contributed by atoms with Crippen molar-refractivity contribution in [3.63, 3.8) is 0 Å². The Labute approximate surface area is 304 Å². The molecule has 49 heavy (non-hydrogen) atoms. The van der Waals surface area contributed by atoms with E-state index >= 15 is 0 Å². The minimum Gasteiger partial charge on any atom is -0.462 e. The van der Waals surface area contributed by atoms with Gasteiger partial charge in [-0.1, -0.05) is 130 Å². The van der Waals surface area contributed by atoms with Crippen molar-refractivity contribution >= 4 is 11.9 Å². The maximum absolute atomic E-state index is 12.9. The molecule has 0 saturated heterocycles. The van der Waals surface area contributed by atoms with Crippen LogP contribution < -0.4 is 0 Å². The predicted octanol–water partition coefficient (Wildman–Crippen LogP) is 11.8. The number of allylic oxidation sites excluding steroid dienone is 2. The van der Waals surface area contributed by atoms with Crippen molar-refractivity contribution in [3.8, 4) is 0 Å². The zero-order valence-corrected chi connectivity index (χ0v) is 33.0. The second-order valence-corrected chi connectivity index (χ2v) is 14.1. The van der Waals surface area contributed by atoms with Crippen LogP contribution in [-0.2, 0) is 19.1 Å². The first-order valence-electron chi connectivity index (χ1n) is 21.1. The van der Waals surface area contributed by atoms with Crippen LogP contribution in [0.25, 0.3) is 0 Å². The Hall–Kier alpha value is -1.66. The van der Waals surface area contributed by atoms with E-state index in [1.54, 1.807) is 0 Å². The molecule has 288 valence electrons. The molecule has 0 fully saturated rings. The van der Waals surface area contributed by atoms with E-state index < -0.39 is 0 Å². The number of rotatable bonds is 37. The van der Waals surface area contributed by atoms with Gasteiger partial charge in [-0.25, -0.2) is 9.59 Å². The summed E-state index contributed by atoms with van der Waals surface area (Å²) in [6.07, 6.45) is 33.9. The molecule has 0 spiro atoms. The molecule has 0 rings (SSSR count). The van der Waals surface area contributed by atoms with Crippen LogP contribution in [0.2, 0.25) is 0 Å². The molecule has 0 aromatic heterocycles. The van der Waals surface area contributed by atoms with Gasteiger partial charge in [0.25, 0.3) is 0 Å². The fraction of sp³-hybridized carbons (Fsp3) is 0.860. The van der Waals surface area contributed by atoms with E-state index in [1.165, 1.54) is 89.9 Å². The SMILES string of the molecule is CCCCC/C=C(\CCCCCCCC)C(=O)OCCCCN(CCCO)CCCCOC(=O)/C(=C/CCCCC)CCCCCCCC. The number of hydrogen-bond donors (Lipinski definition) is 1. The molecule has 1 N–H and O–H groups in total. The summed E-state index contributed by atoms with van der Waals surface area (Å²) in [5, 5.41) is 9.42. The highest BCUT2D eigenvalue weighted by molar-refractivity contribution is 5.88. The van der Waals surface area contributed by atoms with Crippen molar-refractivity contribution in [2.24, 2.45) is 0 Å². The first kappa shape index (κ1) is 47.3. The maximum Gasteiger partial charge on any atom is 0.333 e. The third-order valence-corrected chi connectivity index (χ3v) is 9.36. The monoisotopic (exact) mass is 692 g/mol. The fourth-order valence-electron chi connectivity index (χ4n) is 6.13. The van der Waals surface area contributed by atoms with E-state index in [0.717, 1.165) is 114 Å². The molecule has 0 saturated carbocycles. The lowest BCUT2D eigenvalue weighted by Crippen LogP contribution is -2.28.